The van der Waals surface area contributed by atoms with Gasteiger partial charge in [-0.25, -0.2) is 0 Å². The molecule has 1 unspecified atom stereocenters. The summed E-state index contributed by atoms with van der Waals surface area (Å²) in [6, 6.07) is 5.25. The molecule has 1 rings (SSSR count). The van der Waals surface area contributed by atoms with E-state index in [0.717, 1.165) is 12.8 Å². The molecule has 0 aromatic heterocycles. The Balaban J connectivity index is 2.61. The Morgan fingerprint density at radius 1 is 1.53 bits per heavy atom. The Labute approximate surface area is 120 Å². The van der Waals surface area contributed by atoms with Crippen LogP contribution in [0, 0.1) is 0 Å². The lowest BCUT2D eigenvalue weighted by Gasteiger charge is -2.11. The van der Waals surface area contributed by atoms with Crippen molar-refractivity contribution >= 4 is 45.0 Å². The van der Waals surface area contributed by atoms with E-state index in [4.69, 9.17) is 23.2 Å². The van der Waals surface area contributed by atoms with Crippen LogP contribution in [0.5, 0.6) is 0 Å². The monoisotopic (exact) mass is 337 g/mol. The molecule has 0 fully saturated rings. The molecular weight excluding hydrogens is 325 g/mol. The van der Waals surface area contributed by atoms with Crippen molar-refractivity contribution in [3.05, 3.63) is 33.3 Å². The van der Waals surface area contributed by atoms with Gasteiger partial charge in [-0.05, 0) is 34.5 Å². The van der Waals surface area contributed by atoms with E-state index in [0.29, 0.717) is 21.6 Å². The quantitative estimate of drug-likeness (QED) is 0.799. The van der Waals surface area contributed by atoms with Crippen LogP contribution < -0.4 is 5.32 Å². The number of hydrogen-bond donors (Lipinski definition) is 1. The van der Waals surface area contributed by atoms with Gasteiger partial charge < -0.3 is 5.32 Å². The highest BCUT2D eigenvalue weighted by Crippen LogP contribution is 2.25. The fraction of sp³-hybridized carbons (Fsp3) is 0.417. The first-order valence-electron chi connectivity index (χ1n) is 5.42. The molecular formula is C12H14BrCl2NO. The minimum Gasteiger partial charge on any atom is -0.351 e. The fourth-order valence-electron chi connectivity index (χ4n) is 1.39. The molecule has 5 heteroatoms. The number of halogens is 3. The molecule has 1 aromatic carbocycles. The van der Waals surface area contributed by atoms with Crippen LogP contribution in [0.3, 0.4) is 0 Å². The Kier molecular flexibility index (Phi) is 6.31. The van der Waals surface area contributed by atoms with Crippen molar-refractivity contribution in [2.45, 2.75) is 25.1 Å². The van der Waals surface area contributed by atoms with E-state index in [2.05, 4.69) is 28.2 Å². The third-order valence-electron chi connectivity index (χ3n) is 2.28. The van der Waals surface area contributed by atoms with Crippen molar-refractivity contribution < 1.29 is 4.79 Å². The van der Waals surface area contributed by atoms with E-state index in [1.54, 1.807) is 18.2 Å². The smallest absolute Gasteiger partial charge is 0.252 e. The maximum Gasteiger partial charge on any atom is 0.252 e. The topological polar surface area (TPSA) is 29.1 Å². The molecule has 0 bridgehead atoms. The zero-order chi connectivity index (χ0) is 12.8. The van der Waals surface area contributed by atoms with Crippen LogP contribution >= 0.6 is 39.1 Å². The van der Waals surface area contributed by atoms with Crippen molar-refractivity contribution in [3.63, 3.8) is 0 Å². The van der Waals surface area contributed by atoms with Gasteiger partial charge in [-0.15, -0.1) is 11.6 Å². The first-order chi connectivity index (χ1) is 8.06. The van der Waals surface area contributed by atoms with Gasteiger partial charge in [0.05, 0.1) is 16.0 Å². The van der Waals surface area contributed by atoms with Gasteiger partial charge in [0.15, 0.2) is 0 Å². The van der Waals surface area contributed by atoms with Crippen molar-refractivity contribution in [3.8, 4) is 0 Å². The lowest BCUT2D eigenvalue weighted by molar-refractivity contribution is 0.0953. The van der Waals surface area contributed by atoms with Gasteiger partial charge in [0.25, 0.3) is 5.91 Å². The molecule has 0 spiro atoms. The summed E-state index contributed by atoms with van der Waals surface area (Å²) in [6.07, 6.45) is 1.88. The van der Waals surface area contributed by atoms with E-state index in [9.17, 15) is 4.79 Å². The maximum atomic E-state index is 11.9. The van der Waals surface area contributed by atoms with Crippen LogP contribution in [0.15, 0.2) is 22.7 Å². The molecule has 1 amide bonds. The van der Waals surface area contributed by atoms with Crippen LogP contribution in [0.1, 0.15) is 30.1 Å². The van der Waals surface area contributed by atoms with Crippen LogP contribution in [-0.4, -0.2) is 17.8 Å². The second kappa shape index (κ2) is 7.24. The van der Waals surface area contributed by atoms with Gasteiger partial charge >= 0.3 is 0 Å². The molecule has 0 aliphatic rings. The number of carbonyl (C=O) groups excluding carboxylic acids is 1. The third kappa shape index (κ3) is 4.49. The van der Waals surface area contributed by atoms with Gasteiger partial charge in [-0.2, -0.15) is 0 Å². The predicted molar refractivity (Wildman–Crippen MR) is 76.0 cm³/mol. The van der Waals surface area contributed by atoms with Crippen LogP contribution in [0.25, 0.3) is 0 Å². The molecule has 0 saturated carbocycles. The molecule has 0 aliphatic carbocycles. The summed E-state index contributed by atoms with van der Waals surface area (Å²) in [5, 5.41) is 3.17. The lowest BCUT2D eigenvalue weighted by Crippen LogP contribution is -2.29. The zero-order valence-corrected chi connectivity index (χ0v) is 12.6. The second-order valence-electron chi connectivity index (χ2n) is 3.70. The highest BCUT2D eigenvalue weighted by Gasteiger charge is 2.13. The van der Waals surface area contributed by atoms with Gasteiger partial charge in [-0.1, -0.05) is 31.0 Å². The fourth-order valence-corrected chi connectivity index (χ4v) is 2.27. The van der Waals surface area contributed by atoms with Crippen molar-refractivity contribution in [1.29, 1.82) is 0 Å². The van der Waals surface area contributed by atoms with E-state index in [1.165, 1.54) is 0 Å². The second-order valence-corrected chi connectivity index (χ2v) is 5.55. The summed E-state index contributed by atoms with van der Waals surface area (Å²) < 4.78 is 0.711. The Hall–Kier alpha value is -0.250. The van der Waals surface area contributed by atoms with E-state index in [1.807, 2.05) is 0 Å². The van der Waals surface area contributed by atoms with Crippen molar-refractivity contribution in [2.75, 3.05) is 6.54 Å². The van der Waals surface area contributed by atoms with Crippen molar-refractivity contribution in [1.82, 2.24) is 5.32 Å². The SMILES string of the molecule is CCCC(Cl)CNC(=O)c1cccc(Br)c1Cl. The van der Waals surface area contributed by atoms with Crippen LogP contribution in [-0.2, 0) is 0 Å². The Morgan fingerprint density at radius 3 is 2.88 bits per heavy atom. The van der Waals surface area contributed by atoms with Gasteiger partial charge in [0.2, 0.25) is 0 Å². The number of carbonyl (C=O) groups is 1. The van der Waals surface area contributed by atoms with Crippen LogP contribution in [0.2, 0.25) is 5.02 Å². The van der Waals surface area contributed by atoms with Gasteiger partial charge in [0, 0.05) is 11.0 Å². The number of rotatable bonds is 5. The van der Waals surface area contributed by atoms with Crippen molar-refractivity contribution in [2.24, 2.45) is 0 Å². The Bertz CT molecular complexity index is 398. The average molecular weight is 339 g/mol. The van der Waals surface area contributed by atoms with Gasteiger partial charge in [0.1, 0.15) is 0 Å². The maximum absolute atomic E-state index is 11.9. The third-order valence-corrected chi connectivity index (χ3v) is 3.95. The van der Waals surface area contributed by atoms with E-state index >= 15 is 0 Å². The normalized spacial score (nSPS) is 12.2. The molecule has 17 heavy (non-hydrogen) atoms. The summed E-state index contributed by atoms with van der Waals surface area (Å²) in [7, 11) is 0. The minimum atomic E-state index is -0.196. The summed E-state index contributed by atoms with van der Waals surface area (Å²) in [5.74, 6) is -0.196. The van der Waals surface area contributed by atoms with Gasteiger partial charge in [-0.3, -0.25) is 4.79 Å². The first kappa shape index (κ1) is 14.8. The number of amides is 1. The first-order valence-corrected chi connectivity index (χ1v) is 7.03. The number of hydrogen-bond acceptors (Lipinski definition) is 1. The number of alkyl halides is 1. The zero-order valence-electron chi connectivity index (χ0n) is 9.47. The molecule has 1 atom stereocenters. The largest absolute Gasteiger partial charge is 0.351 e. The summed E-state index contributed by atoms with van der Waals surface area (Å²) in [5.41, 5.74) is 0.460. The molecule has 0 heterocycles. The number of benzene rings is 1. The highest BCUT2D eigenvalue weighted by molar-refractivity contribution is 9.10. The standard InChI is InChI=1S/C12H14BrCl2NO/c1-2-4-8(14)7-16-12(17)9-5-3-6-10(13)11(9)15/h3,5-6,8H,2,4,7H2,1H3,(H,16,17). The molecule has 1 aromatic rings. The van der Waals surface area contributed by atoms with E-state index < -0.39 is 0 Å². The average Bonchev–Trinajstić information content (AvgIpc) is 2.30. The molecule has 1 N–H and O–H groups in total. The minimum absolute atomic E-state index is 0.0325. The highest BCUT2D eigenvalue weighted by atomic mass is 79.9. The lowest BCUT2D eigenvalue weighted by atomic mass is 10.2. The summed E-state index contributed by atoms with van der Waals surface area (Å²) in [6.45, 7) is 2.51. The molecule has 0 aliphatic heterocycles. The van der Waals surface area contributed by atoms with E-state index in [-0.39, 0.29) is 11.3 Å². The number of nitrogens with one attached hydrogen (secondary N) is 1. The predicted octanol–water partition coefficient (Wildman–Crippen LogP) is 4.24. The molecule has 2 nitrogen and oxygen atoms in total. The molecule has 0 radical (unpaired) electrons. The summed E-state index contributed by atoms with van der Waals surface area (Å²) in [4.78, 5) is 11.9. The molecule has 94 valence electrons. The Morgan fingerprint density at radius 2 is 2.24 bits per heavy atom. The summed E-state index contributed by atoms with van der Waals surface area (Å²) >= 11 is 15.3. The molecule has 0 saturated heterocycles. The van der Waals surface area contributed by atoms with Crippen LogP contribution in [0.4, 0.5) is 0 Å².